The molecule has 0 bridgehead atoms. The van der Waals surface area contributed by atoms with Crippen LogP contribution in [0.3, 0.4) is 0 Å². The molecule has 6 nitrogen and oxygen atoms in total. The number of carbonyl (C=O) groups excluding carboxylic acids is 3. The lowest BCUT2D eigenvalue weighted by Gasteiger charge is -2.18. The Hall–Kier alpha value is -5.75. The first-order chi connectivity index (χ1) is 38.0. The van der Waals surface area contributed by atoms with Crippen molar-refractivity contribution in [1.82, 2.24) is 0 Å². The van der Waals surface area contributed by atoms with Crippen LogP contribution in [0.25, 0.3) is 0 Å². The van der Waals surface area contributed by atoms with Crippen molar-refractivity contribution >= 4 is 17.9 Å². The molecule has 0 aromatic carbocycles. The highest BCUT2D eigenvalue weighted by atomic mass is 16.6. The minimum atomic E-state index is -0.835. The summed E-state index contributed by atoms with van der Waals surface area (Å²) in [5.74, 6) is -1.05. The van der Waals surface area contributed by atoms with Gasteiger partial charge in [0.05, 0.1) is 0 Å². The fourth-order valence-corrected chi connectivity index (χ4v) is 7.20. The molecule has 0 aliphatic heterocycles. The van der Waals surface area contributed by atoms with Crippen LogP contribution in [0, 0.1) is 0 Å². The number of unbranched alkanes of at least 4 members (excludes halogenated alkanes) is 8. The molecule has 0 amide bonds. The number of carbonyl (C=O) groups is 3. The van der Waals surface area contributed by atoms with Gasteiger partial charge in [0.25, 0.3) is 0 Å². The molecule has 0 rings (SSSR count). The van der Waals surface area contributed by atoms with E-state index in [0.717, 1.165) is 161 Å². The van der Waals surface area contributed by atoms with E-state index >= 15 is 0 Å². The average molecular weight is 1060 g/mol. The number of hydrogen-bond acceptors (Lipinski definition) is 6. The maximum Gasteiger partial charge on any atom is 0.306 e. The molecule has 0 spiro atoms. The Balaban J connectivity index is 4.42. The summed E-state index contributed by atoms with van der Waals surface area (Å²) in [5.41, 5.74) is 0. The molecule has 0 saturated heterocycles. The van der Waals surface area contributed by atoms with Crippen molar-refractivity contribution in [3.05, 3.63) is 194 Å². The van der Waals surface area contributed by atoms with Crippen molar-refractivity contribution in [1.29, 1.82) is 0 Å². The summed E-state index contributed by atoms with van der Waals surface area (Å²) in [7, 11) is 0. The van der Waals surface area contributed by atoms with Gasteiger partial charge in [0.2, 0.25) is 0 Å². The highest BCUT2D eigenvalue weighted by Crippen LogP contribution is 2.11. The zero-order valence-electron chi connectivity index (χ0n) is 48.6. The second-order valence-corrected chi connectivity index (χ2v) is 18.8. The van der Waals surface area contributed by atoms with E-state index in [2.05, 4.69) is 215 Å². The number of rotatable bonds is 51. The Kier molecular flexibility index (Phi) is 58.1. The Morgan fingerprint density at radius 2 is 0.468 bits per heavy atom. The number of ether oxygens (including phenoxy) is 3. The monoisotopic (exact) mass is 1050 g/mol. The van der Waals surface area contributed by atoms with Gasteiger partial charge in [-0.25, -0.2) is 0 Å². The summed E-state index contributed by atoms with van der Waals surface area (Å²) in [5, 5.41) is 0. The summed E-state index contributed by atoms with van der Waals surface area (Å²) >= 11 is 0. The lowest BCUT2D eigenvalue weighted by Crippen LogP contribution is -2.30. The van der Waals surface area contributed by atoms with Crippen LogP contribution in [0.1, 0.15) is 213 Å². The van der Waals surface area contributed by atoms with E-state index in [1.165, 1.54) is 0 Å². The highest BCUT2D eigenvalue weighted by Gasteiger charge is 2.19. The Bertz CT molecular complexity index is 1880. The summed E-state index contributed by atoms with van der Waals surface area (Å²) in [6.07, 6.45) is 95.9. The molecular formula is C71H106O6. The minimum absolute atomic E-state index is 0.129. The van der Waals surface area contributed by atoms with Crippen LogP contribution in [0.15, 0.2) is 194 Å². The molecule has 426 valence electrons. The van der Waals surface area contributed by atoms with Gasteiger partial charge in [0.1, 0.15) is 13.2 Å². The van der Waals surface area contributed by atoms with Gasteiger partial charge in [-0.05, 0) is 161 Å². The zero-order valence-corrected chi connectivity index (χ0v) is 48.6. The Morgan fingerprint density at radius 1 is 0.260 bits per heavy atom. The first kappa shape index (κ1) is 71.2. The van der Waals surface area contributed by atoms with Crippen molar-refractivity contribution in [3.8, 4) is 0 Å². The topological polar surface area (TPSA) is 78.9 Å². The fourth-order valence-electron chi connectivity index (χ4n) is 7.20. The van der Waals surface area contributed by atoms with Gasteiger partial charge in [0, 0.05) is 19.3 Å². The molecule has 1 atom stereocenters. The van der Waals surface area contributed by atoms with E-state index < -0.39 is 6.10 Å². The third kappa shape index (κ3) is 61.0. The average Bonchev–Trinajstić information content (AvgIpc) is 3.43. The standard InChI is InChI=1S/C71H106O6/c1-4-7-10-13-16-19-22-25-26-27-28-29-30-31-32-33-34-35-36-37-38-39-40-41-42-43-44-47-49-52-55-58-61-64-70(73)76-67-68(77-71(74)65-62-59-56-53-50-46-24-21-18-15-12-9-6-3)66-75-69(72)63-60-57-54-51-48-45-23-20-17-14-11-8-5-2/h7-12,16-21,25-26,28-29,31-32,34-35,37-38,40-41,43-46,48-50,52,68H,4-6,13-15,22-24,27,30,33,36,39,42,47,51,53-67H2,1-3H3/b10-7-,11-8-,12-9-,19-16-,20-17-,21-18-,26-25-,29-28-,32-31-,35-34-,38-37-,41-40-,44-43-,48-45-,50-46-,52-49-. The van der Waals surface area contributed by atoms with Crippen LogP contribution in [-0.4, -0.2) is 37.2 Å². The van der Waals surface area contributed by atoms with Crippen LogP contribution in [-0.2, 0) is 28.6 Å². The molecule has 0 aromatic rings. The smallest absolute Gasteiger partial charge is 0.306 e. The second-order valence-electron chi connectivity index (χ2n) is 18.8. The zero-order chi connectivity index (χ0) is 55.7. The third-order valence-corrected chi connectivity index (χ3v) is 11.6. The van der Waals surface area contributed by atoms with E-state index in [1.807, 2.05) is 0 Å². The van der Waals surface area contributed by atoms with Gasteiger partial charge < -0.3 is 14.2 Å². The molecule has 0 aromatic heterocycles. The summed E-state index contributed by atoms with van der Waals surface area (Å²) < 4.78 is 16.7. The van der Waals surface area contributed by atoms with Crippen LogP contribution in [0.5, 0.6) is 0 Å². The number of esters is 3. The molecule has 0 heterocycles. The van der Waals surface area contributed by atoms with Crippen molar-refractivity contribution in [3.63, 3.8) is 0 Å². The molecule has 0 N–H and O–H groups in total. The molecule has 0 radical (unpaired) electrons. The molecule has 1 unspecified atom stereocenters. The SMILES string of the molecule is CC/C=C\C/C=C\C/C=C\C/C=C\C/C=C\C/C=C\C/C=C\C/C=C\C/C=C\C/C=C\CCCCC(=O)OCC(COC(=O)CCCCC/C=C\C/C=C\C/C=C\CC)OC(=O)CCCCC/C=C\C/C=C\C/C=C\CC. The lowest BCUT2D eigenvalue weighted by molar-refractivity contribution is -0.167. The first-order valence-corrected chi connectivity index (χ1v) is 29.9. The second kappa shape index (κ2) is 62.8. The fraction of sp³-hybridized carbons (Fsp3) is 0.507. The Labute approximate surface area is 471 Å². The van der Waals surface area contributed by atoms with Gasteiger partial charge in [-0.2, -0.15) is 0 Å². The van der Waals surface area contributed by atoms with E-state index in [0.29, 0.717) is 19.3 Å². The van der Waals surface area contributed by atoms with E-state index in [-0.39, 0.29) is 44.0 Å². The largest absolute Gasteiger partial charge is 0.462 e. The van der Waals surface area contributed by atoms with E-state index in [4.69, 9.17) is 14.2 Å². The quantitative estimate of drug-likeness (QED) is 0.0261. The summed E-state index contributed by atoms with van der Waals surface area (Å²) in [4.78, 5) is 38.1. The molecule has 0 aliphatic rings. The molecular weight excluding hydrogens is 949 g/mol. The predicted molar refractivity (Wildman–Crippen MR) is 334 cm³/mol. The van der Waals surface area contributed by atoms with Gasteiger partial charge in [-0.15, -0.1) is 0 Å². The molecule has 6 heteroatoms. The van der Waals surface area contributed by atoms with Crippen LogP contribution in [0.4, 0.5) is 0 Å². The number of hydrogen-bond donors (Lipinski definition) is 0. The van der Waals surface area contributed by atoms with Gasteiger partial charge >= 0.3 is 17.9 Å². The van der Waals surface area contributed by atoms with Gasteiger partial charge in [-0.3, -0.25) is 14.4 Å². The molecule has 0 aliphatic carbocycles. The predicted octanol–water partition coefficient (Wildman–Crippen LogP) is 20.6. The maximum absolute atomic E-state index is 12.8. The van der Waals surface area contributed by atoms with Crippen molar-refractivity contribution in [2.45, 2.75) is 219 Å². The summed E-state index contributed by atoms with van der Waals surface area (Å²) in [6.45, 7) is 6.17. The highest BCUT2D eigenvalue weighted by molar-refractivity contribution is 5.71. The number of allylic oxidation sites excluding steroid dienone is 32. The maximum atomic E-state index is 12.8. The minimum Gasteiger partial charge on any atom is -0.462 e. The normalized spacial score (nSPS) is 13.5. The van der Waals surface area contributed by atoms with Crippen LogP contribution < -0.4 is 0 Å². The Morgan fingerprint density at radius 3 is 0.727 bits per heavy atom. The van der Waals surface area contributed by atoms with Crippen LogP contribution in [0.2, 0.25) is 0 Å². The van der Waals surface area contributed by atoms with E-state index in [9.17, 15) is 14.4 Å². The summed E-state index contributed by atoms with van der Waals surface area (Å²) in [6, 6.07) is 0. The van der Waals surface area contributed by atoms with Gasteiger partial charge in [0.15, 0.2) is 6.10 Å². The van der Waals surface area contributed by atoms with E-state index in [1.54, 1.807) is 0 Å². The molecule has 0 saturated carbocycles. The van der Waals surface area contributed by atoms with Crippen LogP contribution >= 0.6 is 0 Å². The van der Waals surface area contributed by atoms with Crippen molar-refractivity contribution in [2.24, 2.45) is 0 Å². The van der Waals surface area contributed by atoms with Crippen molar-refractivity contribution in [2.75, 3.05) is 13.2 Å². The van der Waals surface area contributed by atoms with Gasteiger partial charge in [-0.1, -0.05) is 228 Å². The lowest BCUT2D eigenvalue weighted by atomic mass is 10.1. The van der Waals surface area contributed by atoms with Crippen molar-refractivity contribution < 1.29 is 28.6 Å². The first-order valence-electron chi connectivity index (χ1n) is 29.9. The molecule has 77 heavy (non-hydrogen) atoms. The molecule has 0 fully saturated rings. The third-order valence-electron chi connectivity index (χ3n) is 11.6.